The minimum absolute atomic E-state index is 0.569. The fraction of sp³-hybridized carbons (Fsp3) is 0. The van der Waals surface area contributed by atoms with Crippen molar-refractivity contribution in [2.45, 2.75) is 0 Å². The molecule has 0 atom stereocenters. The van der Waals surface area contributed by atoms with E-state index in [1.807, 2.05) is 66.7 Å². The van der Waals surface area contributed by atoms with Gasteiger partial charge in [0.1, 0.15) is 11.2 Å². The van der Waals surface area contributed by atoms with Gasteiger partial charge in [-0.1, -0.05) is 140 Å². The van der Waals surface area contributed by atoms with Crippen molar-refractivity contribution in [3.8, 4) is 56.4 Å². The third kappa shape index (κ3) is 4.55. The molecular formula is C39H25N3O. The standard InChI is InChI=1S/C39H25N3O/c1-3-12-26(13-4-1)27-22-24-29(25-23-27)37-40-38(33-18-8-7-16-30(33)28-14-5-2-6-15-28)42-39(41-37)34-20-11-19-32-31-17-9-10-21-35(31)43-36(32)34/h1-25H. The minimum atomic E-state index is 0.569. The van der Waals surface area contributed by atoms with Crippen molar-refractivity contribution < 1.29 is 4.42 Å². The minimum Gasteiger partial charge on any atom is -0.455 e. The summed E-state index contributed by atoms with van der Waals surface area (Å²) >= 11 is 0. The van der Waals surface area contributed by atoms with Crippen LogP contribution in [0.5, 0.6) is 0 Å². The van der Waals surface area contributed by atoms with Crippen LogP contribution in [0.1, 0.15) is 0 Å². The van der Waals surface area contributed by atoms with E-state index in [9.17, 15) is 0 Å². The highest BCUT2D eigenvalue weighted by atomic mass is 16.3. The zero-order valence-corrected chi connectivity index (χ0v) is 23.2. The number of rotatable bonds is 5. The number of furan rings is 1. The molecule has 8 aromatic rings. The molecule has 4 nitrogen and oxygen atoms in total. The number of fused-ring (bicyclic) bond motifs is 3. The van der Waals surface area contributed by atoms with Gasteiger partial charge >= 0.3 is 0 Å². The van der Waals surface area contributed by atoms with E-state index in [-0.39, 0.29) is 0 Å². The lowest BCUT2D eigenvalue weighted by molar-refractivity contribution is 0.669. The van der Waals surface area contributed by atoms with Crippen LogP contribution >= 0.6 is 0 Å². The Labute approximate surface area is 249 Å². The van der Waals surface area contributed by atoms with Gasteiger partial charge in [0.2, 0.25) is 0 Å². The Morgan fingerprint density at radius 3 is 1.60 bits per heavy atom. The third-order valence-electron chi connectivity index (χ3n) is 7.78. The summed E-state index contributed by atoms with van der Waals surface area (Å²) in [5.41, 5.74) is 8.76. The molecule has 8 rings (SSSR count). The Hall–Kier alpha value is -5.87. The van der Waals surface area contributed by atoms with Gasteiger partial charge in [-0.3, -0.25) is 0 Å². The lowest BCUT2D eigenvalue weighted by Crippen LogP contribution is -2.01. The smallest absolute Gasteiger partial charge is 0.167 e. The normalized spacial score (nSPS) is 11.3. The first kappa shape index (κ1) is 24.9. The predicted octanol–water partition coefficient (Wildman–Crippen LogP) is 10.1. The first-order valence-electron chi connectivity index (χ1n) is 14.3. The van der Waals surface area contributed by atoms with Gasteiger partial charge in [-0.15, -0.1) is 0 Å². The van der Waals surface area contributed by atoms with Gasteiger partial charge in [0, 0.05) is 21.9 Å². The van der Waals surface area contributed by atoms with Gasteiger partial charge in [-0.05, 0) is 34.4 Å². The van der Waals surface area contributed by atoms with Gasteiger partial charge in [0.05, 0.1) is 5.56 Å². The fourth-order valence-electron chi connectivity index (χ4n) is 5.66. The molecule has 0 saturated carbocycles. The summed E-state index contributed by atoms with van der Waals surface area (Å²) in [6.07, 6.45) is 0. The zero-order chi connectivity index (χ0) is 28.6. The molecule has 43 heavy (non-hydrogen) atoms. The number of hydrogen-bond acceptors (Lipinski definition) is 4. The van der Waals surface area contributed by atoms with Crippen LogP contribution in [0.3, 0.4) is 0 Å². The Balaban J connectivity index is 1.34. The van der Waals surface area contributed by atoms with E-state index in [4.69, 9.17) is 19.4 Å². The lowest BCUT2D eigenvalue weighted by atomic mass is 9.99. The number of aromatic nitrogens is 3. The average molecular weight is 552 g/mol. The molecular weight excluding hydrogens is 526 g/mol. The molecule has 0 saturated heterocycles. The summed E-state index contributed by atoms with van der Waals surface area (Å²) in [5.74, 6) is 1.79. The second-order valence-electron chi connectivity index (χ2n) is 10.4. The highest BCUT2D eigenvalue weighted by molar-refractivity contribution is 6.09. The number of hydrogen-bond donors (Lipinski definition) is 0. The molecule has 0 fully saturated rings. The van der Waals surface area contributed by atoms with Crippen LogP contribution in [0.4, 0.5) is 0 Å². The van der Waals surface area contributed by atoms with Crippen LogP contribution in [0, 0.1) is 0 Å². The van der Waals surface area contributed by atoms with Crippen LogP contribution < -0.4 is 0 Å². The summed E-state index contributed by atoms with van der Waals surface area (Å²) < 4.78 is 6.39. The van der Waals surface area contributed by atoms with E-state index < -0.39 is 0 Å². The van der Waals surface area contributed by atoms with Gasteiger partial charge in [0.15, 0.2) is 17.5 Å². The van der Waals surface area contributed by atoms with E-state index in [0.717, 1.165) is 55.3 Å². The van der Waals surface area contributed by atoms with Crippen molar-refractivity contribution >= 4 is 21.9 Å². The maximum Gasteiger partial charge on any atom is 0.167 e. The second kappa shape index (κ2) is 10.5. The molecule has 0 spiro atoms. The first-order chi connectivity index (χ1) is 21.3. The molecule has 202 valence electrons. The third-order valence-corrected chi connectivity index (χ3v) is 7.78. The van der Waals surface area contributed by atoms with Crippen LogP contribution in [0.25, 0.3) is 78.4 Å². The SMILES string of the molecule is c1ccc(-c2ccc(-c3nc(-c4ccccc4-c4ccccc4)nc(-c4cccc5c4oc4ccccc45)n3)cc2)cc1. The maximum absolute atomic E-state index is 6.39. The molecule has 0 radical (unpaired) electrons. The molecule has 2 heterocycles. The molecule has 6 aromatic carbocycles. The van der Waals surface area contributed by atoms with Crippen LogP contribution in [0.15, 0.2) is 156 Å². The Kier molecular flexibility index (Phi) is 6.08. The number of para-hydroxylation sites is 2. The summed E-state index contributed by atoms with van der Waals surface area (Å²) in [4.78, 5) is 15.2. The van der Waals surface area contributed by atoms with Crippen molar-refractivity contribution in [1.29, 1.82) is 0 Å². The average Bonchev–Trinajstić information content (AvgIpc) is 3.48. The summed E-state index contributed by atoms with van der Waals surface area (Å²) in [5, 5.41) is 2.10. The molecule has 0 aliphatic rings. The van der Waals surface area contributed by atoms with Crippen molar-refractivity contribution in [3.05, 3.63) is 152 Å². The van der Waals surface area contributed by atoms with E-state index >= 15 is 0 Å². The molecule has 0 N–H and O–H groups in total. The lowest BCUT2D eigenvalue weighted by Gasteiger charge is -2.12. The number of nitrogens with zero attached hydrogens (tertiary/aromatic N) is 3. The fourth-order valence-corrected chi connectivity index (χ4v) is 5.66. The first-order valence-corrected chi connectivity index (χ1v) is 14.3. The van der Waals surface area contributed by atoms with Crippen molar-refractivity contribution in [3.63, 3.8) is 0 Å². The van der Waals surface area contributed by atoms with Crippen LogP contribution in [-0.4, -0.2) is 15.0 Å². The van der Waals surface area contributed by atoms with Gasteiger partial charge in [-0.2, -0.15) is 0 Å². The monoisotopic (exact) mass is 551 g/mol. The topological polar surface area (TPSA) is 51.8 Å². The zero-order valence-electron chi connectivity index (χ0n) is 23.2. The second-order valence-corrected chi connectivity index (χ2v) is 10.4. The van der Waals surface area contributed by atoms with Gasteiger partial charge in [-0.25, -0.2) is 15.0 Å². The van der Waals surface area contributed by atoms with Crippen LogP contribution in [0.2, 0.25) is 0 Å². The van der Waals surface area contributed by atoms with Crippen molar-refractivity contribution in [2.75, 3.05) is 0 Å². The molecule has 0 bridgehead atoms. The van der Waals surface area contributed by atoms with Gasteiger partial charge < -0.3 is 4.42 Å². The van der Waals surface area contributed by atoms with Crippen molar-refractivity contribution in [1.82, 2.24) is 15.0 Å². The Morgan fingerprint density at radius 1 is 0.326 bits per heavy atom. The summed E-state index contributed by atoms with van der Waals surface area (Å²) in [6.45, 7) is 0. The molecule has 2 aromatic heterocycles. The quantitative estimate of drug-likeness (QED) is 0.214. The molecule has 0 aliphatic carbocycles. The van der Waals surface area contributed by atoms with Crippen molar-refractivity contribution in [2.24, 2.45) is 0 Å². The summed E-state index contributed by atoms with van der Waals surface area (Å²) in [6, 6.07) is 51.6. The van der Waals surface area contributed by atoms with E-state index in [2.05, 4.69) is 84.9 Å². The van der Waals surface area contributed by atoms with Gasteiger partial charge in [0.25, 0.3) is 0 Å². The highest BCUT2D eigenvalue weighted by Crippen LogP contribution is 2.37. The van der Waals surface area contributed by atoms with E-state index in [1.165, 1.54) is 5.56 Å². The highest BCUT2D eigenvalue weighted by Gasteiger charge is 2.19. The predicted molar refractivity (Wildman–Crippen MR) is 174 cm³/mol. The van der Waals surface area contributed by atoms with E-state index in [0.29, 0.717) is 17.5 Å². The largest absolute Gasteiger partial charge is 0.455 e. The molecule has 4 heteroatoms. The van der Waals surface area contributed by atoms with E-state index in [1.54, 1.807) is 0 Å². The molecule has 0 amide bonds. The molecule has 0 aliphatic heterocycles. The number of benzene rings is 6. The maximum atomic E-state index is 6.39. The van der Waals surface area contributed by atoms with Crippen LogP contribution in [-0.2, 0) is 0 Å². The molecule has 0 unspecified atom stereocenters. The Morgan fingerprint density at radius 2 is 0.837 bits per heavy atom. The Bertz CT molecular complexity index is 2220. The summed E-state index contributed by atoms with van der Waals surface area (Å²) in [7, 11) is 0.